The number of hydrogen-bond donors (Lipinski definition) is 1. The Morgan fingerprint density at radius 3 is 2.38 bits per heavy atom. The highest BCUT2D eigenvalue weighted by atomic mass is 15.0. The molecule has 1 fully saturated rings. The Labute approximate surface area is 130 Å². The summed E-state index contributed by atoms with van der Waals surface area (Å²) in [4.78, 5) is 4.57. The van der Waals surface area contributed by atoms with Crippen molar-refractivity contribution in [2.45, 2.75) is 78.8 Å². The first kappa shape index (κ1) is 16.5. The molecule has 2 rings (SSSR count). The fraction of sp³-hybridized carbons (Fsp3) is 0.737. The molecule has 0 saturated heterocycles. The van der Waals surface area contributed by atoms with Crippen molar-refractivity contribution in [3.05, 3.63) is 29.6 Å². The van der Waals surface area contributed by atoms with Gasteiger partial charge >= 0.3 is 0 Å². The third-order valence-electron chi connectivity index (χ3n) is 3.99. The Morgan fingerprint density at radius 1 is 1.14 bits per heavy atom. The Bertz CT molecular complexity index is 459. The number of nitrogens with zero attached hydrogens (tertiary/aromatic N) is 1. The molecule has 0 amide bonds. The first-order chi connectivity index (χ1) is 9.61. The summed E-state index contributed by atoms with van der Waals surface area (Å²) in [6.07, 6.45) is 6.84. The van der Waals surface area contributed by atoms with Gasteiger partial charge in [0.05, 0.1) is 0 Å². The van der Waals surface area contributed by atoms with Gasteiger partial charge in [-0.3, -0.25) is 4.98 Å². The van der Waals surface area contributed by atoms with Crippen LogP contribution in [-0.4, -0.2) is 16.6 Å². The Balaban J connectivity index is 1.84. The van der Waals surface area contributed by atoms with E-state index in [9.17, 15) is 0 Å². The zero-order valence-electron chi connectivity index (χ0n) is 14.7. The van der Waals surface area contributed by atoms with Crippen molar-refractivity contribution in [1.29, 1.82) is 0 Å². The van der Waals surface area contributed by atoms with Gasteiger partial charge in [-0.2, -0.15) is 0 Å². The quantitative estimate of drug-likeness (QED) is 0.889. The minimum atomic E-state index is 0.237. The number of hydrogen-bond acceptors (Lipinski definition) is 2. The van der Waals surface area contributed by atoms with Gasteiger partial charge in [-0.05, 0) is 75.5 Å². The van der Waals surface area contributed by atoms with E-state index >= 15 is 0 Å². The third kappa shape index (κ3) is 5.78. The largest absolute Gasteiger partial charge is 0.309 e. The average molecular weight is 288 g/mol. The maximum absolute atomic E-state index is 4.57. The van der Waals surface area contributed by atoms with Crippen LogP contribution >= 0.6 is 0 Å². The smallest absolute Gasteiger partial charge is 0.0409 e. The minimum absolute atomic E-state index is 0.237. The molecule has 2 heteroatoms. The summed E-state index contributed by atoms with van der Waals surface area (Å²) >= 11 is 0. The van der Waals surface area contributed by atoms with Crippen molar-refractivity contribution in [2.75, 3.05) is 0 Å². The molecule has 21 heavy (non-hydrogen) atoms. The van der Waals surface area contributed by atoms with Crippen LogP contribution in [0.3, 0.4) is 0 Å². The molecule has 1 saturated carbocycles. The van der Waals surface area contributed by atoms with E-state index < -0.39 is 0 Å². The van der Waals surface area contributed by atoms with Crippen LogP contribution in [0, 0.1) is 11.3 Å². The summed E-state index contributed by atoms with van der Waals surface area (Å²) in [6.45, 7) is 13.6. The zero-order chi connectivity index (χ0) is 15.7. The van der Waals surface area contributed by atoms with Crippen molar-refractivity contribution in [1.82, 2.24) is 10.3 Å². The van der Waals surface area contributed by atoms with E-state index in [1.54, 1.807) is 0 Å². The van der Waals surface area contributed by atoms with E-state index in [2.05, 4.69) is 64.0 Å². The molecule has 1 heterocycles. The van der Waals surface area contributed by atoms with Crippen molar-refractivity contribution in [2.24, 2.45) is 11.3 Å². The summed E-state index contributed by atoms with van der Waals surface area (Å²) in [5, 5.41) is 3.69. The molecule has 0 aromatic carbocycles. The summed E-state index contributed by atoms with van der Waals surface area (Å²) in [5.74, 6) is 0.808. The van der Waals surface area contributed by atoms with Crippen LogP contribution < -0.4 is 5.32 Å². The van der Waals surface area contributed by atoms with Gasteiger partial charge in [0, 0.05) is 23.5 Å². The number of rotatable bonds is 4. The normalized spacial score (nSPS) is 23.0. The molecule has 0 aliphatic heterocycles. The van der Waals surface area contributed by atoms with Gasteiger partial charge in [-0.25, -0.2) is 0 Å². The molecule has 1 N–H and O–H groups in total. The molecule has 0 radical (unpaired) electrons. The van der Waals surface area contributed by atoms with E-state index in [0.29, 0.717) is 11.5 Å². The molecular formula is C19H32N2. The SMILES string of the molecule is CC(C)(C)Cc1ccnc(CC2CC(NC(C)(C)C)C2)c1. The molecule has 1 aliphatic carbocycles. The average Bonchev–Trinajstić information content (AvgIpc) is 2.22. The molecule has 1 aliphatic rings. The van der Waals surface area contributed by atoms with Crippen LogP contribution in [-0.2, 0) is 12.8 Å². The van der Waals surface area contributed by atoms with E-state index in [0.717, 1.165) is 18.8 Å². The lowest BCUT2D eigenvalue weighted by Crippen LogP contribution is -2.50. The lowest BCUT2D eigenvalue weighted by Gasteiger charge is -2.40. The highest BCUT2D eigenvalue weighted by molar-refractivity contribution is 5.18. The fourth-order valence-electron chi connectivity index (χ4n) is 3.29. The first-order valence-electron chi connectivity index (χ1n) is 8.32. The molecule has 118 valence electrons. The van der Waals surface area contributed by atoms with Crippen LogP contribution in [0.15, 0.2) is 18.3 Å². The monoisotopic (exact) mass is 288 g/mol. The molecular weight excluding hydrogens is 256 g/mol. The van der Waals surface area contributed by atoms with Crippen LogP contribution in [0.4, 0.5) is 0 Å². The summed E-state index contributed by atoms with van der Waals surface area (Å²) in [5.41, 5.74) is 3.28. The van der Waals surface area contributed by atoms with Gasteiger partial charge in [0.15, 0.2) is 0 Å². The van der Waals surface area contributed by atoms with E-state index in [1.807, 2.05) is 6.20 Å². The van der Waals surface area contributed by atoms with E-state index in [1.165, 1.54) is 24.1 Å². The number of pyridine rings is 1. The number of nitrogens with one attached hydrogen (secondary N) is 1. The van der Waals surface area contributed by atoms with Crippen LogP contribution in [0.1, 0.15) is 65.6 Å². The molecule has 0 unspecified atom stereocenters. The lowest BCUT2D eigenvalue weighted by atomic mass is 9.76. The second-order valence-corrected chi connectivity index (χ2v) is 9.03. The highest BCUT2D eigenvalue weighted by Gasteiger charge is 2.31. The van der Waals surface area contributed by atoms with Crippen molar-refractivity contribution < 1.29 is 0 Å². The summed E-state index contributed by atoms with van der Waals surface area (Å²) in [7, 11) is 0. The summed E-state index contributed by atoms with van der Waals surface area (Å²) < 4.78 is 0. The Morgan fingerprint density at radius 2 is 1.81 bits per heavy atom. The van der Waals surface area contributed by atoms with Crippen molar-refractivity contribution >= 4 is 0 Å². The summed E-state index contributed by atoms with van der Waals surface area (Å²) in [6, 6.07) is 5.18. The molecule has 2 nitrogen and oxygen atoms in total. The maximum atomic E-state index is 4.57. The van der Waals surface area contributed by atoms with Crippen LogP contribution in [0.25, 0.3) is 0 Å². The maximum Gasteiger partial charge on any atom is 0.0409 e. The van der Waals surface area contributed by atoms with E-state index in [-0.39, 0.29) is 5.54 Å². The van der Waals surface area contributed by atoms with Gasteiger partial charge in [0.1, 0.15) is 0 Å². The Hall–Kier alpha value is -0.890. The topological polar surface area (TPSA) is 24.9 Å². The fourth-order valence-corrected chi connectivity index (χ4v) is 3.29. The van der Waals surface area contributed by atoms with Gasteiger partial charge in [-0.1, -0.05) is 20.8 Å². The molecule has 0 spiro atoms. The highest BCUT2D eigenvalue weighted by Crippen LogP contribution is 2.32. The first-order valence-corrected chi connectivity index (χ1v) is 8.32. The van der Waals surface area contributed by atoms with Gasteiger partial charge < -0.3 is 5.32 Å². The third-order valence-corrected chi connectivity index (χ3v) is 3.99. The van der Waals surface area contributed by atoms with Gasteiger partial charge in [0.25, 0.3) is 0 Å². The van der Waals surface area contributed by atoms with Gasteiger partial charge in [0.2, 0.25) is 0 Å². The standard InChI is InChI=1S/C19H32N2/c1-18(2,3)13-14-7-8-20-16(9-14)10-15-11-17(12-15)21-19(4,5)6/h7-9,15,17,21H,10-13H2,1-6H3. The lowest BCUT2D eigenvalue weighted by molar-refractivity contribution is 0.184. The van der Waals surface area contributed by atoms with Crippen LogP contribution in [0.2, 0.25) is 0 Å². The van der Waals surface area contributed by atoms with Gasteiger partial charge in [-0.15, -0.1) is 0 Å². The minimum Gasteiger partial charge on any atom is -0.309 e. The van der Waals surface area contributed by atoms with Crippen molar-refractivity contribution in [3.8, 4) is 0 Å². The molecule has 0 atom stereocenters. The molecule has 0 bridgehead atoms. The van der Waals surface area contributed by atoms with Crippen LogP contribution in [0.5, 0.6) is 0 Å². The zero-order valence-corrected chi connectivity index (χ0v) is 14.7. The molecule has 1 aromatic rings. The molecule has 1 aromatic heterocycles. The number of aromatic nitrogens is 1. The predicted octanol–water partition coefficient (Wildman–Crippen LogP) is 4.38. The van der Waals surface area contributed by atoms with Crippen molar-refractivity contribution in [3.63, 3.8) is 0 Å². The predicted molar refractivity (Wildman–Crippen MR) is 90.5 cm³/mol. The Kier molecular flexibility index (Phi) is 4.77. The second kappa shape index (κ2) is 6.08. The van der Waals surface area contributed by atoms with E-state index in [4.69, 9.17) is 0 Å². The second-order valence-electron chi connectivity index (χ2n) is 9.03.